The third-order valence-electron chi connectivity index (χ3n) is 4.54. The molecule has 2 amide bonds. The molecule has 142 valence electrons. The van der Waals surface area contributed by atoms with E-state index in [4.69, 9.17) is 10.2 Å². The summed E-state index contributed by atoms with van der Waals surface area (Å²) >= 11 is 0. The van der Waals surface area contributed by atoms with Gasteiger partial charge in [-0.15, -0.1) is 0 Å². The van der Waals surface area contributed by atoms with Crippen LogP contribution in [0.4, 0.5) is 5.69 Å². The topological polar surface area (TPSA) is 102 Å². The van der Waals surface area contributed by atoms with Crippen molar-refractivity contribution in [2.24, 2.45) is 5.73 Å². The Morgan fingerprint density at radius 2 is 1.55 bits per heavy atom. The number of rotatable bonds is 4. The number of primary amides is 1. The summed E-state index contributed by atoms with van der Waals surface area (Å²) in [6.45, 7) is 0. The summed E-state index contributed by atoms with van der Waals surface area (Å²) in [5.74, 6) is -1.02. The van der Waals surface area contributed by atoms with Crippen LogP contribution < -0.4 is 16.7 Å². The van der Waals surface area contributed by atoms with E-state index in [1.165, 1.54) is 0 Å². The van der Waals surface area contributed by atoms with Gasteiger partial charge in [0.1, 0.15) is 5.58 Å². The first-order valence-electron chi connectivity index (χ1n) is 8.86. The highest BCUT2D eigenvalue weighted by molar-refractivity contribution is 6.08. The predicted octanol–water partition coefficient (Wildman–Crippen LogP) is 3.81. The van der Waals surface area contributed by atoms with Gasteiger partial charge >= 0.3 is 5.63 Å². The van der Waals surface area contributed by atoms with Crippen molar-refractivity contribution in [2.45, 2.75) is 0 Å². The first-order valence-corrected chi connectivity index (χ1v) is 8.86. The zero-order chi connectivity index (χ0) is 20.4. The van der Waals surface area contributed by atoms with Crippen molar-refractivity contribution in [3.63, 3.8) is 0 Å². The average Bonchev–Trinajstić information content (AvgIpc) is 2.73. The van der Waals surface area contributed by atoms with Gasteiger partial charge in [0.15, 0.2) is 0 Å². The molecule has 0 saturated carbocycles. The molecule has 3 aromatic carbocycles. The van der Waals surface area contributed by atoms with Crippen molar-refractivity contribution in [2.75, 3.05) is 5.32 Å². The van der Waals surface area contributed by atoms with E-state index in [0.717, 1.165) is 5.39 Å². The van der Waals surface area contributed by atoms with Crippen LogP contribution in [-0.2, 0) is 0 Å². The molecule has 3 N–H and O–H groups in total. The molecule has 0 aliphatic heterocycles. The number of benzene rings is 3. The molecule has 0 saturated heterocycles. The highest BCUT2D eigenvalue weighted by Crippen LogP contribution is 2.22. The molecule has 1 heterocycles. The van der Waals surface area contributed by atoms with E-state index in [1.54, 1.807) is 66.7 Å². The molecule has 1 aromatic heterocycles. The zero-order valence-electron chi connectivity index (χ0n) is 15.2. The van der Waals surface area contributed by atoms with Gasteiger partial charge in [-0.1, -0.05) is 42.5 Å². The van der Waals surface area contributed by atoms with Gasteiger partial charge in [-0.3, -0.25) is 9.59 Å². The van der Waals surface area contributed by atoms with Gasteiger partial charge in [0.2, 0.25) is 0 Å². The van der Waals surface area contributed by atoms with Gasteiger partial charge in [0.05, 0.1) is 16.8 Å². The van der Waals surface area contributed by atoms with Gasteiger partial charge in [-0.2, -0.15) is 0 Å². The Morgan fingerprint density at radius 1 is 0.862 bits per heavy atom. The highest BCUT2D eigenvalue weighted by Gasteiger charge is 2.13. The second kappa shape index (κ2) is 7.44. The lowest BCUT2D eigenvalue weighted by Crippen LogP contribution is -2.18. The van der Waals surface area contributed by atoms with Gasteiger partial charge in [-0.25, -0.2) is 4.79 Å². The Morgan fingerprint density at radius 3 is 2.31 bits per heavy atom. The number of hydrogen-bond acceptors (Lipinski definition) is 4. The Kier molecular flexibility index (Phi) is 4.66. The minimum Gasteiger partial charge on any atom is -0.422 e. The quantitative estimate of drug-likeness (QED) is 0.522. The molecule has 0 fully saturated rings. The lowest BCUT2D eigenvalue weighted by atomic mass is 10.0. The monoisotopic (exact) mass is 384 g/mol. The Bertz CT molecular complexity index is 1290. The second-order valence-electron chi connectivity index (χ2n) is 6.43. The second-order valence-corrected chi connectivity index (χ2v) is 6.43. The van der Waals surface area contributed by atoms with Crippen molar-refractivity contribution < 1.29 is 14.0 Å². The first kappa shape index (κ1) is 18.2. The number of amides is 2. The van der Waals surface area contributed by atoms with Gasteiger partial charge in [0.25, 0.3) is 11.8 Å². The van der Waals surface area contributed by atoms with Crippen molar-refractivity contribution in [1.29, 1.82) is 0 Å². The number of nitrogens with one attached hydrogen (secondary N) is 1. The molecule has 0 unspecified atom stereocenters. The zero-order valence-corrected chi connectivity index (χ0v) is 15.2. The molecule has 29 heavy (non-hydrogen) atoms. The lowest BCUT2D eigenvalue weighted by Gasteiger charge is -2.09. The van der Waals surface area contributed by atoms with E-state index in [0.29, 0.717) is 28.0 Å². The van der Waals surface area contributed by atoms with Crippen LogP contribution in [0.1, 0.15) is 20.7 Å². The Hall–Kier alpha value is -4.19. The molecule has 0 bridgehead atoms. The summed E-state index contributed by atoms with van der Waals surface area (Å²) < 4.78 is 5.36. The van der Waals surface area contributed by atoms with Gasteiger partial charge in [0, 0.05) is 10.9 Å². The van der Waals surface area contributed by atoms with Crippen LogP contribution in [-0.4, -0.2) is 11.8 Å². The van der Waals surface area contributed by atoms with Gasteiger partial charge < -0.3 is 15.5 Å². The molecule has 0 aliphatic rings. The number of hydrogen-bond donors (Lipinski definition) is 2. The van der Waals surface area contributed by atoms with E-state index in [2.05, 4.69) is 5.32 Å². The largest absolute Gasteiger partial charge is 0.422 e. The smallest absolute Gasteiger partial charge is 0.344 e. The summed E-state index contributed by atoms with van der Waals surface area (Å²) in [5.41, 5.74) is 7.40. The summed E-state index contributed by atoms with van der Waals surface area (Å²) in [6.07, 6.45) is 0. The van der Waals surface area contributed by atoms with Crippen LogP contribution in [0.3, 0.4) is 0 Å². The van der Waals surface area contributed by atoms with Crippen LogP contribution in [0, 0.1) is 0 Å². The standard InChI is InChI=1S/C23H16N2O4/c24-21(26)17-6-2-3-7-19(17)25-22(27)15-11-9-14(10-12-15)18-13-16-5-1-4-8-20(16)29-23(18)28/h1-13H,(H2,24,26)(H,25,27). The summed E-state index contributed by atoms with van der Waals surface area (Å²) in [4.78, 5) is 36.3. The van der Waals surface area contributed by atoms with Crippen LogP contribution in [0.15, 0.2) is 88.1 Å². The fourth-order valence-electron chi connectivity index (χ4n) is 3.07. The minimum atomic E-state index is -0.626. The minimum absolute atomic E-state index is 0.228. The molecule has 4 aromatic rings. The van der Waals surface area contributed by atoms with E-state index in [-0.39, 0.29) is 5.56 Å². The molecular weight excluding hydrogens is 368 g/mol. The molecule has 6 nitrogen and oxygen atoms in total. The summed E-state index contributed by atoms with van der Waals surface area (Å²) in [7, 11) is 0. The molecule has 0 radical (unpaired) electrons. The number of anilines is 1. The van der Waals surface area contributed by atoms with Crippen LogP contribution in [0.5, 0.6) is 0 Å². The fourth-order valence-corrected chi connectivity index (χ4v) is 3.07. The molecule has 0 atom stereocenters. The van der Waals surface area contributed by atoms with Crippen LogP contribution in [0.2, 0.25) is 0 Å². The molecule has 4 rings (SSSR count). The lowest BCUT2D eigenvalue weighted by molar-refractivity contribution is 0.100. The maximum atomic E-state index is 12.5. The number of carbonyl (C=O) groups excluding carboxylic acids is 2. The summed E-state index contributed by atoms with van der Waals surface area (Å²) in [6, 6.07) is 22.1. The van der Waals surface area contributed by atoms with Crippen molar-refractivity contribution >= 4 is 28.5 Å². The molecule has 0 spiro atoms. The van der Waals surface area contributed by atoms with Crippen LogP contribution in [0.25, 0.3) is 22.1 Å². The Balaban J connectivity index is 1.62. The van der Waals surface area contributed by atoms with Crippen molar-refractivity contribution in [1.82, 2.24) is 0 Å². The third-order valence-corrected chi connectivity index (χ3v) is 4.54. The predicted molar refractivity (Wildman–Crippen MR) is 111 cm³/mol. The number of carbonyl (C=O) groups is 2. The molecule has 6 heteroatoms. The summed E-state index contributed by atoms with van der Waals surface area (Å²) in [5, 5.41) is 3.49. The van der Waals surface area contributed by atoms with E-state index in [9.17, 15) is 14.4 Å². The average molecular weight is 384 g/mol. The van der Waals surface area contributed by atoms with E-state index < -0.39 is 17.4 Å². The highest BCUT2D eigenvalue weighted by atomic mass is 16.4. The molecular formula is C23H16N2O4. The fraction of sp³-hybridized carbons (Fsp3) is 0. The first-order chi connectivity index (χ1) is 14.0. The third kappa shape index (κ3) is 3.64. The maximum absolute atomic E-state index is 12.5. The van der Waals surface area contributed by atoms with Crippen molar-refractivity contribution in [3.05, 3.63) is 100 Å². The normalized spacial score (nSPS) is 10.6. The van der Waals surface area contributed by atoms with Crippen LogP contribution >= 0.6 is 0 Å². The number of fused-ring (bicyclic) bond motifs is 1. The maximum Gasteiger partial charge on any atom is 0.344 e. The van der Waals surface area contributed by atoms with Crippen molar-refractivity contribution in [3.8, 4) is 11.1 Å². The number of nitrogens with two attached hydrogens (primary N) is 1. The number of para-hydroxylation sites is 2. The van der Waals surface area contributed by atoms with Gasteiger partial charge in [-0.05, 0) is 42.0 Å². The Labute approximate surface area is 165 Å². The molecule has 0 aliphatic carbocycles. The van der Waals surface area contributed by atoms with E-state index in [1.807, 2.05) is 12.1 Å². The van der Waals surface area contributed by atoms with E-state index >= 15 is 0 Å². The SMILES string of the molecule is NC(=O)c1ccccc1NC(=O)c1ccc(-c2cc3ccccc3oc2=O)cc1.